The van der Waals surface area contributed by atoms with E-state index in [9.17, 15) is 10.1 Å². The van der Waals surface area contributed by atoms with Gasteiger partial charge in [0.15, 0.2) is 12.4 Å². The Morgan fingerprint density at radius 1 is 1.28 bits per heavy atom. The van der Waals surface area contributed by atoms with E-state index < -0.39 is 11.2 Å². The lowest BCUT2D eigenvalue weighted by molar-refractivity contribution is -0.192. The molecule has 0 aromatic carbocycles. The highest BCUT2D eigenvalue weighted by molar-refractivity contribution is 6.27. The molecule has 1 spiro atoms. The van der Waals surface area contributed by atoms with Crippen LogP contribution in [0.4, 0.5) is 0 Å². The Morgan fingerprint density at radius 3 is 2.44 bits per heavy atom. The van der Waals surface area contributed by atoms with Gasteiger partial charge in [-0.25, -0.2) is 0 Å². The van der Waals surface area contributed by atoms with Crippen molar-refractivity contribution in [2.24, 2.45) is 5.41 Å². The second kappa shape index (κ2) is 7.06. The van der Waals surface area contributed by atoms with Crippen LogP contribution in [0.3, 0.4) is 0 Å². The summed E-state index contributed by atoms with van der Waals surface area (Å²) in [7, 11) is 4.38. The fourth-order valence-electron chi connectivity index (χ4n) is 4.29. The van der Waals surface area contributed by atoms with Gasteiger partial charge in [0.2, 0.25) is 0 Å². The van der Waals surface area contributed by atoms with Crippen molar-refractivity contribution in [3.05, 3.63) is 0 Å². The SMILES string of the molecule is BC1(C)CC2(CCC1(B)C(C)(C#N)CC#CCOC(C)=O)OCCO2. The van der Waals surface area contributed by atoms with Gasteiger partial charge in [-0.05, 0) is 25.1 Å². The lowest BCUT2D eigenvalue weighted by atomic mass is 9.32. The topological polar surface area (TPSA) is 68.5 Å². The third-order valence-electron chi connectivity index (χ3n) is 6.40. The van der Waals surface area contributed by atoms with Crippen LogP contribution in [-0.4, -0.2) is 47.3 Å². The first-order valence-electron chi connectivity index (χ1n) is 8.88. The summed E-state index contributed by atoms with van der Waals surface area (Å²) in [4.78, 5) is 10.8. The highest BCUT2D eigenvalue weighted by atomic mass is 16.7. The number of carbonyl (C=O) groups excluding carboxylic acids is 1. The maximum absolute atomic E-state index is 10.8. The molecule has 1 aliphatic heterocycles. The Morgan fingerprint density at radius 2 is 1.92 bits per heavy atom. The average molecular weight is 343 g/mol. The predicted molar refractivity (Wildman–Crippen MR) is 99.4 cm³/mol. The van der Waals surface area contributed by atoms with Crippen LogP contribution in [0.2, 0.25) is 10.6 Å². The van der Waals surface area contributed by atoms with E-state index in [1.54, 1.807) is 0 Å². The molecule has 0 bridgehead atoms. The van der Waals surface area contributed by atoms with Gasteiger partial charge in [0, 0.05) is 19.8 Å². The van der Waals surface area contributed by atoms with Crippen LogP contribution in [0.5, 0.6) is 0 Å². The Bertz CT molecular complexity index is 627. The molecule has 3 unspecified atom stereocenters. The lowest BCUT2D eigenvalue weighted by Crippen LogP contribution is -2.51. The van der Waals surface area contributed by atoms with Gasteiger partial charge < -0.3 is 14.2 Å². The zero-order chi connectivity index (χ0) is 18.8. The molecule has 5 nitrogen and oxygen atoms in total. The van der Waals surface area contributed by atoms with Crippen LogP contribution in [0.1, 0.15) is 46.5 Å². The summed E-state index contributed by atoms with van der Waals surface area (Å²) < 4.78 is 16.7. The Hall–Kier alpha value is -1.43. The molecule has 134 valence electrons. The Balaban J connectivity index is 2.17. The Labute approximate surface area is 152 Å². The van der Waals surface area contributed by atoms with Gasteiger partial charge in [0.1, 0.15) is 15.7 Å². The van der Waals surface area contributed by atoms with E-state index in [0.717, 1.165) is 19.3 Å². The number of hydrogen-bond acceptors (Lipinski definition) is 5. The highest BCUT2D eigenvalue weighted by Crippen LogP contribution is 2.69. The summed E-state index contributed by atoms with van der Waals surface area (Å²) >= 11 is 0. The largest absolute Gasteiger partial charge is 0.453 e. The van der Waals surface area contributed by atoms with Crippen molar-refractivity contribution in [1.29, 1.82) is 5.26 Å². The first kappa shape index (κ1) is 19.9. The van der Waals surface area contributed by atoms with Crippen LogP contribution in [0.25, 0.3) is 0 Å². The van der Waals surface area contributed by atoms with E-state index in [-0.39, 0.29) is 23.2 Å². The smallest absolute Gasteiger partial charge is 0.303 e. The minimum absolute atomic E-state index is 0.0712. The molecule has 2 rings (SSSR count). The molecular weight excluding hydrogens is 316 g/mol. The van der Waals surface area contributed by atoms with Gasteiger partial charge in [-0.15, -0.1) is 0 Å². The molecule has 1 saturated carbocycles. The van der Waals surface area contributed by atoms with Gasteiger partial charge in [-0.3, -0.25) is 4.79 Å². The number of hydrogen-bond donors (Lipinski definition) is 0. The zero-order valence-corrected chi connectivity index (χ0v) is 16.0. The third-order valence-corrected chi connectivity index (χ3v) is 6.40. The number of rotatable bonds is 3. The second-order valence-corrected chi connectivity index (χ2v) is 8.25. The number of nitriles is 1. The maximum atomic E-state index is 10.8. The highest BCUT2D eigenvalue weighted by Gasteiger charge is 2.60. The van der Waals surface area contributed by atoms with Crippen LogP contribution >= 0.6 is 0 Å². The molecule has 1 aliphatic carbocycles. The molecule has 0 radical (unpaired) electrons. The Kier molecular flexibility index (Phi) is 5.62. The van der Waals surface area contributed by atoms with E-state index in [1.165, 1.54) is 6.92 Å². The van der Waals surface area contributed by atoms with Crippen LogP contribution in [0, 0.1) is 28.6 Å². The molecule has 25 heavy (non-hydrogen) atoms. The number of ether oxygens (including phenoxy) is 3. The van der Waals surface area contributed by atoms with Crippen molar-refractivity contribution in [3.8, 4) is 17.9 Å². The monoisotopic (exact) mass is 343 g/mol. The normalized spacial score (nSPS) is 32.9. The molecule has 0 aromatic heterocycles. The number of nitrogens with zero attached hydrogens (tertiary/aromatic N) is 1. The van der Waals surface area contributed by atoms with Crippen molar-refractivity contribution in [3.63, 3.8) is 0 Å². The molecular formula is C18H27B2NO4. The minimum Gasteiger partial charge on any atom is -0.453 e. The van der Waals surface area contributed by atoms with Crippen LogP contribution < -0.4 is 0 Å². The summed E-state index contributed by atoms with van der Waals surface area (Å²) in [5.41, 5.74) is -0.611. The fourth-order valence-corrected chi connectivity index (χ4v) is 4.29. The van der Waals surface area contributed by atoms with Gasteiger partial charge >= 0.3 is 5.97 Å². The first-order valence-corrected chi connectivity index (χ1v) is 8.88. The van der Waals surface area contributed by atoms with Crippen molar-refractivity contribution in [2.75, 3.05) is 19.8 Å². The van der Waals surface area contributed by atoms with Gasteiger partial charge in [0.05, 0.1) is 24.7 Å². The summed E-state index contributed by atoms with van der Waals surface area (Å²) in [5.74, 6) is 5.05. The van der Waals surface area contributed by atoms with Crippen molar-refractivity contribution < 1.29 is 19.0 Å². The summed E-state index contributed by atoms with van der Waals surface area (Å²) in [6.45, 7) is 6.90. The van der Waals surface area contributed by atoms with Crippen molar-refractivity contribution in [1.82, 2.24) is 0 Å². The van der Waals surface area contributed by atoms with E-state index in [0.29, 0.717) is 19.6 Å². The minimum atomic E-state index is -0.611. The first-order chi connectivity index (χ1) is 11.6. The van der Waals surface area contributed by atoms with Crippen molar-refractivity contribution >= 4 is 21.7 Å². The van der Waals surface area contributed by atoms with Crippen LogP contribution in [0.15, 0.2) is 0 Å². The molecule has 0 N–H and O–H groups in total. The standard InChI is InChI=1S/C18H27B2NO4/c1-14(22)23-9-5-4-6-15(2,13-21)18(20)8-7-17(12-16(18,3)19)24-10-11-25-17/h6-12,19-20H2,1-3H3. The quantitative estimate of drug-likeness (QED) is 0.435. The summed E-state index contributed by atoms with van der Waals surface area (Å²) in [5, 5.41) is 9.60. The molecule has 3 atom stereocenters. The van der Waals surface area contributed by atoms with Gasteiger partial charge in [0.25, 0.3) is 0 Å². The molecule has 2 aliphatic rings. The van der Waals surface area contributed by atoms with E-state index >= 15 is 0 Å². The number of esters is 1. The summed E-state index contributed by atoms with van der Waals surface area (Å²) in [6.07, 6.45) is 2.86. The molecule has 7 heteroatoms. The average Bonchev–Trinajstić information content (AvgIpc) is 2.98. The zero-order valence-electron chi connectivity index (χ0n) is 16.0. The van der Waals surface area contributed by atoms with Gasteiger partial charge in [-0.1, -0.05) is 24.1 Å². The molecule has 0 aromatic rings. The van der Waals surface area contributed by atoms with E-state index in [1.807, 2.05) is 6.92 Å². The van der Waals surface area contributed by atoms with Crippen LogP contribution in [-0.2, 0) is 19.0 Å². The number of carbonyl (C=O) groups is 1. The van der Waals surface area contributed by atoms with Gasteiger partial charge in [-0.2, -0.15) is 5.26 Å². The molecule has 0 amide bonds. The lowest BCUT2D eigenvalue weighted by Gasteiger charge is -2.58. The third kappa shape index (κ3) is 3.73. The fraction of sp³-hybridized carbons (Fsp3) is 0.778. The molecule has 1 saturated heterocycles. The van der Waals surface area contributed by atoms with E-state index in [4.69, 9.17) is 14.2 Å². The molecule has 2 fully saturated rings. The maximum Gasteiger partial charge on any atom is 0.303 e. The van der Waals surface area contributed by atoms with E-state index in [2.05, 4.69) is 40.5 Å². The van der Waals surface area contributed by atoms with Crippen molar-refractivity contribution in [2.45, 2.75) is 62.9 Å². The second-order valence-electron chi connectivity index (χ2n) is 8.25. The predicted octanol–water partition coefficient (Wildman–Crippen LogP) is 1.00. The summed E-state index contributed by atoms with van der Waals surface area (Å²) in [6, 6.07) is 2.53. The molecule has 1 heterocycles.